The van der Waals surface area contributed by atoms with Crippen molar-refractivity contribution in [3.63, 3.8) is 0 Å². The van der Waals surface area contributed by atoms with Gasteiger partial charge in [-0.3, -0.25) is 4.79 Å². The van der Waals surface area contributed by atoms with E-state index in [0.29, 0.717) is 0 Å². The van der Waals surface area contributed by atoms with Gasteiger partial charge in [0, 0.05) is 6.04 Å². The Morgan fingerprint density at radius 2 is 1.93 bits per heavy atom. The van der Waals surface area contributed by atoms with E-state index in [9.17, 15) is 4.79 Å². The molecule has 0 aliphatic heterocycles. The van der Waals surface area contributed by atoms with Crippen molar-refractivity contribution in [2.75, 3.05) is 7.05 Å². The number of benzene rings is 1. The van der Waals surface area contributed by atoms with Crippen molar-refractivity contribution in [2.24, 2.45) is 0 Å². The molecule has 3 nitrogen and oxygen atoms in total. The van der Waals surface area contributed by atoms with E-state index >= 15 is 0 Å². The van der Waals surface area contributed by atoms with Crippen LogP contribution in [-0.4, -0.2) is 18.1 Å². The van der Waals surface area contributed by atoms with Gasteiger partial charge in [-0.05, 0) is 37.6 Å². The number of carboxylic acid groups (broad SMARTS) is 1. The molecule has 1 aromatic rings. The lowest BCUT2D eigenvalue weighted by atomic mass is 9.94. The molecular weight excluding hydrogens is 190 g/mol. The van der Waals surface area contributed by atoms with Gasteiger partial charge < -0.3 is 10.4 Å². The van der Waals surface area contributed by atoms with Gasteiger partial charge in [0.25, 0.3) is 0 Å². The summed E-state index contributed by atoms with van der Waals surface area (Å²) in [6.45, 7) is 4.02. The van der Waals surface area contributed by atoms with E-state index in [1.807, 2.05) is 32.0 Å². The lowest BCUT2D eigenvalue weighted by molar-refractivity contribution is -0.137. The second kappa shape index (κ2) is 4.94. The number of carbonyl (C=O) groups is 1. The summed E-state index contributed by atoms with van der Waals surface area (Å²) in [4.78, 5) is 10.7. The van der Waals surface area contributed by atoms with Gasteiger partial charge >= 0.3 is 5.97 Å². The van der Waals surface area contributed by atoms with Crippen LogP contribution >= 0.6 is 0 Å². The van der Waals surface area contributed by atoms with Crippen LogP contribution in [0, 0.1) is 13.8 Å². The fourth-order valence-electron chi connectivity index (χ4n) is 1.90. The number of aryl methyl sites for hydroxylation is 2. The molecule has 1 rings (SSSR count). The molecule has 0 spiro atoms. The molecule has 2 N–H and O–H groups in total. The molecule has 0 amide bonds. The lowest BCUT2D eigenvalue weighted by Gasteiger charge is -2.19. The fraction of sp³-hybridized carbons (Fsp3) is 0.417. The molecule has 0 bridgehead atoms. The largest absolute Gasteiger partial charge is 0.481 e. The molecule has 15 heavy (non-hydrogen) atoms. The molecule has 0 aliphatic rings. The predicted octanol–water partition coefficient (Wildman–Crippen LogP) is 2.04. The summed E-state index contributed by atoms with van der Waals surface area (Å²) in [6, 6.07) is 5.90. The lowest BCUT2D eigenvalue weighted by Crippen LogP contribution is -2.21. The number of rotatable bonds is 4. The van der Waals surface area contributed by atoms with E-state index in [2.05, 4.69) is 5.32 Å². The minimum Gasteiger partial charge on any atom is -0.481 e. The van der Waals surface area contributed by atoms with Crippen LogP contribution in [-0.2, 0) is 4.79 Å². The summed E-state index contributed by atoms with van der Waals surface area (Å²) in [7, 11) is 1.79. The number of hydrogen-bond acceptors (Lipinski definition) is 2. The van der Waals surface area contributed by atoms with Crippen molar-refractivity contribution >= 4 is 5.97 Å². The standard InChI is InChI=1S/C12H17NO2/c1-8-5-4-6-9(2)12(8)10(13-3)7-11(14)15/h4-6,10,13H,7H2,1-3H3,(H,14,15). The molecule has 0 aromatic heterocycles. The van der Waals surface area contributed by atoms with Gasteiger partial charge in [-0.25, -0.2) is 0 Å². The summed E-state index contributed by atoms with van der Waals surface area (Å²) in [5.74, 6) is -0.781. The minimum absolute atomic E-state index is 0.108. The third kappa shape index (κ3) is 2.80. The van der Waals surface area contributed by atoms with E-state index in [0.717, 1.165) is 16.7 Å². The first-order valence-electron chi connectivity index (χ1n) is 5.01. The van der Waals surface area contributed by atoms with Crippen LogP contribution in [0.4, 0.5) is 0 Å². The van der Waals surface area contributed by atoms with Crippen LogP contribution < -0.4 is 5.32 Å². The van der Waals surface area contributed by atoms with Gasteiger partial charge in [0.05, 0.1) is 6.42 Å². The Hall–Kier alpha value is -1.35. The zero-order chi connectivity index (χ0) is 11.4. The van der Waals surface area contributed by atoms with Crippen molar-refractivity contribution in [1.82, 2.24) is 5.32 Å². The summed E-state index contributed by atoms with van der Waals surface area (Å²) < 4.78 is 0. The zero-order valence-electron chi connectivity index (χ0n) is 9.37. The molecule has 0 aliphatic carbocycles. The number of carboxylic acids is 1. The Kier molecular flexibility index (Phi) is 3.86. The second-order valence-electron chi connectivity index (χ2n) is 3.74. The zero-order valence-corrected chi connectivity index (χ0v) is 9.37. The SMILES string of the molecule is CNC(CC(=O)O)c1c(C)cccc1C. The third-order valence-corrected chi connectivity index (χ3v) is 2.62. The first kappa shape index (κ1) is 11.7. The Morgan fingerprint density at radius 1 is 1.40 bits per heavy atom. The average molecular weight is 207 g/mol. The van der Waals surface area contributed by atoms with Crippen molar-refractivity contribution in [3.05, 3.63) is 34.9 Å². The van der Waals surface area contributed by atoms with Crippen LogP contribution in [0.25, 0.3) is 0 Å². The van der Waals surface area contributed by atoms with Crippen molar-refractivity contribution in [2.45, 2.75) is 26.3 Å². The smallest absolute Gasteiger partial charge is 0.305 e. The normalized spacial score (nSPS) is 12.5. The quantitative estimate of drug-likeness (QED) is 0.794. The highest BCUT2D eigenvalue weighted by atomic mass is 16.4. The minimum atomic E-state index is -0.781. The topological polar surface area (TPSA) is 49.3 Å². The Bertz CT molecular complexity index is 340. The maximum absolute atomic E-state index is 10.7. The van der Waals surface area contributed by atoms with E-state index in [1.54, 1.807) is 7.05 Å². The number of nitrogens with one attached hydrogen (secondary N) is 1. The van der Waals surface area contributed by atoms with Crippen LogP contribution in [0.3, 0.4) is 0 Å². The first-order valence-corrected chi connectivity index (χ1v) is 5.01. The molecule has 0 saturated carbocycles. The van der Waals surface area contributed by atoms with Gasteiger partial charge in [-0.1, -0.05) is 18.2 Å². The number of aliphatic carboxylic acids is 1. The van der Waals surface area contributed by atoms with Crippen LogP contribution in [0.2, 0.25) is 0 Å². The van der Waals surface area contributed by atoms with Gasteiger partial charge in [0.2, 0.25) is 0 Å². The summed E-state index contributed by atoms with van der Waals surface area (Å²) in [5, 5.41) is 11.9. The van der Waals surface area contributed by atoms with Crippen LogP contribution in [0.1, 0.15) is 29.2 Å². The van der Waals surface area contributed by atoms with E-state index in [-0.39, 0.29) is 12.5 Å². The molecule has 1 unspecified atom stereocenters. The van der Waals surface area contributed by atoms with Crippen molar-refractivity contribution in [1.29, 1.82) is 0 Å². The predicted molar refractivity (Wildman–Crippen MR) is 60.0 cm³/mol. The molecule has 1 aromatic carbocycles. The monoisotopic (exact) mass is 207 g/mol. The van der Waals surface area contributed by atoms with Crippen LogP contribution in [0.5, 0.6) is 0 Å². The second-order valence-corrected chi connectivity index (χ2v) is 3.74. The van der Waals surface area contributed by atoms with Gasteiger partial charge in [0.1, 0.15) is 0 Å². The first-order chi connectivity index (χ1) is 7.06. The molecule has 0 radical (unpaired) electrons. The fourth-order valence-corrected chi connectivity index (χ4v) is 1.90. The average Bonchev–Trinajstić information content (AvgIpc) is 2.15. The van der Waals surface area contributed by atoms with Crippen molar-refractivity contribution < 1.29 is 9.90 Å². The van der Waals surface area contributed by atoms with Gasteiger partial charge in [-0.15, -0.1) is 0 Å². The van der Waals surface area contributed by atoms with E-state index < -0.39 is 5.97 Å². The molecular formula is C12H17NO2. The molecule has 1 atom stereocenters. The molecule has 3 heteroatoms. The number of hydrogen-bond donors (Lipinski definition) is 2. The third-order valence-electron chi connectivity index (χ3n) is 2.62. The highest BCUT2D eigenvalue weighted by Gasteiger charge is 2.16. The summed E-state index contributed by atoms with van der Waals surface area (Å²) in [6.07, 6.45) is 0.113. The summed E-state index contributed by atoms with van der Waals surface area (Å²) in [5.41, 5.74) is 3.37. The van der Waals surface area contributed by atoms with Crippen molar-refractivity contribution in [3.8, 4) is 0 Å². The van der Waals surface area contributed by atoms with Gasteiger partial charge in [0.15, 0.2) is 0 Å². The molecule has 0 fully saturated rings. The van der Waals surface area contributed by atoms with Gasteiger partial charge in [-0.2, -0.15) is 0 Å². The highest BCUT2D eigenvalue weighted by Crippen LogP contribution is 2.23. The molecule has 82 valence electrons. The molecule has 0 saturated heterocycles. The Balaban J connectivity index is 3.05. The van der Waals surface area contributed by atoms with Crippen LogP contribution in [0.15, 0.2) is 18.2 Å². The summed E-state index contributed by atoms with van der Waals surface area (Å²) >= 11 is 0. The van der Waals surface area contributed by atoms with E-state index in [1.165, 1.54) is 0 Å². The maximum Gasteiger partial charge on any atom is 0.305 e. The maximum atomic E-state index is 10.7. The Labute approximate surface area is 90.1 Å². The van der Waals surface area contributed by atoms with E-state index in [4.69, 9.17) is 5.11 Å². The molecule has 0 heterocycles. The Morgan fingerprint density at radius 3 is 2.33 bits per heavy atom. The highest BCUT2D eigenvalue weighted by molar-refractivity contribution is 5.68.